The van der Waals surface area contributed by atoms with E-state index in [9.17, 15) is 9.18 Å². The summed E-state index contributed by atoms with van der Waals surface area (Å²) in [5.41, 5.74) is 0.0249. The van der Waals surface area contributed by atoms with Gasteiger partial charge in [0, 0.05) is 62.9 Å². The number of aryl methyl sites for hydroxylation is 1. The van der Waals surface area contributed by atoms with Crippen molar-refractivity contribution in [1.29, 1.82) is 0 Å². The second-order valence-corrected chi connectivity index (χ2v) is 7.48. The van der Waals surface area contributed by atoms with Crippen molar-refractivity contribution in [3.63, 3.8) is 0 Å². The van der Waals surface area contributed by atoms with E-state index in [1.165, 1.54) is 0 Å². The SMILES string of the molecule is Cn1cc(-c2ccc3cnc(NC(=O)C4(F)CCN(CCF)CC4)cc3c2)cn1. The van der Waals surface area contributed by atoms with Crippen molar-refractivity contribution in [3.8, 4) is 11.1 Å². The molecule has 0 unspecified atom stereocenters. The molecular formula is C21H23F2N5O. The molecule has 0 aliphatic carbocycles. The van der Waals surface area contributed by atoms with Crippen LogP contribution in [0.25, 0.3) is 21.9 Å². The molecule has 3 heterocycles. The van der Waals surface area contributed by atoms with E-state index in [2.05, 4.69) is 15.4 Å². The first-order chi connectivity index (χ1) is 14.0. The molecule has 6 nitrogen and oxygen atoms in total. The smallest absolute Gasteiger partial charge is 0.263 e. The van der Waals surface area contributed by atoms with Gasteiger partial charge in [-0.1, -0.05) is 12.1 Å². The molecule has 1 aliphatic rings. The molecule has 1 saturated heterocycles. The molecular weight excluding hydrogens is 376 g/mol. The number of pyridine rings is 1. The van der Waals surface area contributed by atoms with Crippen molar-refractivity contribution in [2.75, 3.05) is 31.6 Å². The predicted octanol–water partition coefficient (Wildman–Crippen LogP) is 3.35. The number of nitrogens with zero attached hydrogens (tertiary/aromatic N) is 4. The largest absolute Gasteiger partial charge is 0.308 e. The van der Waals surface area contributed by atoms with E-state index in [-0.39, 0.29) is 19.4 Å². The van der Waals surface area contributed by atoms with Crippen molar-refractivity contribution in [2.45, 2.75) is 18.5 Å². The van der Waals surface area contributed by atoms with E-state index in [4.69, 9.17) is 0 Å². The molecule has 0 radical (unpaired) electrons. The number of amides is 1. The van der Waals surface area contributed by atoms with E-state index in [0.29, 0.717) is 18.9 Å². The Morgan fingerprint density at radius 2 is 1.97 bits per heavy atom. The number of fused-ring (bicyclic) bond motifs is 1. The summed E-state index contributed by atoms with van der Waals surface area (Å²) < 4.78 is 29.3. The minimum absolute atomic E-state index is 0.0531. The minimum Gasteiger partial charge on any atom is -0.308 e. The van der Waals surface area contributed by atoms with Gasteiger partial charge in [0.15, 0.2) is 5.67 Å². The number of nitrogens with one attached hydrogen (secondary N) is 1. The Kier molecular flexibility index (Phi) is 5.27. The summed E-state index contributed by atoms with van der Waals surface area (Å²) in [6.45, 7) is 0.553. The van der Waals surface area contributed by atoms with Crippen LogP contribution in [-0.4, -0.2) is 57.5 Å². The summed E-state index contributed by atoms with van der Waals surface area (Å²) in [5.74, 6) is -0.373. The summed E-state index contributed by atoms with van der Waals surface area (Å²) in [4.78, 5) is 18.6. The number of anilines is 1. The van der Waals surface area contributed by atoms with Crippen molar-refractivity contribution < 1.29 is 13.6 Å². The maximum atomic E-state index is 15.1. The Hall–Kier alpha value is -2.87. The highest BCUT2D eigenvalue weighted by atomic mass is 19.1. The van der Waals surface area contributed by atoms with Crippen LogP contribution in [0.15, 0.2) is 42.9 Å². The van der Waals surface area contributed by atoms with E-state index < -0.39 is 18.3 Å². The first-order valence-corrected chi connectivity index (χ1v) is 9.64. The van der Waals surface area contributed by atoms with Gasteiger partial charge >= 0.3 is 0 Å². The fourth-order valence-corrected chi connectivity index (χ4v) is 3.67. The molecule has 0 saturated carbocycles. The van der Waals surface area contributed by atoms with E-state index in [1.54, 1.807) is 23.1 Å². The van der Waals surface area contributed by atoms with Gasteiger partial charge in [0.05, 0.1) is 6.20 Å². The molecule has 1 aromatic carbocycles. The van der Waals surface area contributed by atoms with Crippen LogP contribution in [0.2, 0.25) is 0 Å². The number of piperidine rings is 1. The van der Waals surface area contributed by atoms with Crippen LogP contribution in [0.4, 0.5) is 14.6 Å². The molecule has 2 aromatic heterocycles. The van der Waals surface area contributed by atoms with Crippen LogP contribution < -0.4 is 5.32 Å². The first-order valence-electron chi connectivity index (χ1n) is 9.64. The van der Waals surface area contributed by atoms with Crippen molar-refractivity contribution in [2.24, 2.45) is 7.05 Å². The van der Waals surface area contributed by atoms with Crippen LogP contribution in [-0.2, 0) is 11.8 Å². The quantitative estimate of drug-likeness (QED) is 0.715. The number of aromatic nitrogens is 3. The monoisotopic (exact) mass is 399 g/mol. The molecule has 3 aromatic rings. The van der Waals surface area contributed by atoms with Crippen LogP contribution in [0.5, 0.6) is 0 Å². The summed E-state index contributed by atoms with van der Waals surface area (Å²) in [6.07, 6.45) is 5.47. The lowest BCUT2D eigenvalue weighted by atomic mass is 9.92. The van der Waals surface area contributed by atoms with Gasteiger partial charge < -0.3 is 10.2 Å². The lowest BCUT2D eigenvalue weighted by molar-refractivity contribution is -0.130. The third-order valence-corrected chi connectivity index (χ3v) is 5.46. The second-order valence-electron chi connectivity index (χ2n) is 7.48. The van der Waals surface area contributed by atoms with E-state index in [0.717, 1.165) is 21.9 Å². The van der Waals surface area contributed by atoms with Crippen LogP contribution in [0, 0.1) is 0 Å². The normalized spacial score (nSPS) is 16.8. The number of benzene rings is 1. The number of halogens is 2. The number of rotatable bonds is 5. The highest BCUT2D eigenvalue weighted by Gasteiger charge is 2.41. The Morgan fingerprint density at radius 3 is 2.66 bits per heavy atom. The molecule has 0 spiro atoms. The van der Waals surface area contributed by atoms with Crippen molar-refractivity contribution in [1.82, 2.24) is 19.7 Å². The summed E-state index contributed by atoms with van der Waals surface area (Å²) in [7, 11) is 1.86. The third-order valence-electron chi connectivity index (χ3n) is 5.46. The number of alkyl halides is 2. The standard InChI is InChI=1S/C21H23F2N5O/c1-27-14-18(13-25-27)15-2-3-16-12-24-19(11-17(16)10-15)26-20(29)21(23)4-7-28(8-5-21)9-6-22/h2-3,10-14H,4-9H2,1H3,(H,24,26,29). The third kappa shape index (κ3) is 4.12. The number of carbonyl (C=O) groups excluding carboxylic acids is 1. The molecule has 4 rings (SSSR count). The topological polar surface area (TPSA) is 63.1 Å². The zero-order chi connectivity index (χ0) is 20.4. The van der Waals surface area contributed by atoms with Gasteiger partial charge in [0.25, 0.3) is 5.91 Å². The molecule has 1 fully saturated rings. The van der Waals surface area contributed by atoms with Crippen molar-refractivity contribution in [3.05, 3.63) is 42.9 Å². The van der Waals surface area contributed by atoms with Crippen molar-refractivity contribution >= 4 is 22.5 Å². The number of hydrogen-bond acceptors (Lipinski definition) is 4. The van der Waals surface area contributed by atoms with Gasteiger partial charge in [-0.3, -0.25) is 9.48 Å². The lowest BCUT2D eigenvalue weighted by Gasteiger charge is -2.34. The fraction of sp³-hybridized carbons (Fsp3) is 0.381. The lowest BCUT2D eigenvalue weighted by Crippen LogP contribution is -2.49. The molecule has 152 valence electrons. The van der Waals surface area contributed by atoms with Gasteiger partial charge in [0.2, 0.25) is 0 Å². The van der Waals surface area contributed by atoms with Crippen LogP contribution in [0.1, 0.15) is 12.8 Å². The molecule has 0 bridgehead atoms. The highest BCUT2D eigenvalue weighted by molar-refractivity contribution is 5.98. The van der Waals surface area contributed by atoms with Crippen LogP contribution >= 0.6 is 0 Å². The molecule has 0 atom stereocenters. The number of carbonyl (C=O) groups is 1. The molecule has 8 heteroatoms. The van der Waals surface area contributed by atoms with Gasteiger partial charge in [0.1, 0.15) is 12.5 Å². The molecule has 1 aliphatic heterocycles. The molecule has 29 heavy (non-hydrogen) atoms. The Labute approximate surface area is 167 Å². The zero-order valence-corrected chi connectivity index (χ0v) is 16.2. The molecule has 1 amide bonds. The van der Waals surface area contributed by atoms with Crippen LogP contribution in [0.3, 0.4) is 0 Å². The number of hydrogen-bond donors (Lipinski definition) is 1. The Morgan fingerprint density at radius 1 is 1.17 bits per heavy atom. The summed E-state index contributed by atoms with van der Waals surface area (Å²) in [6, 6.07) is 7.67. The maximum absolute atomic E-state index is 15.1. The van der Waals surface area contributed by atoms with E-state index in [1.807, 2.05) is 36.3 Å². The van der Waals surface area contributed by atoms with Gasteiger partial charge in [-0.15, -0.1) is 0 Å². The minimum atomic E-state index is -1.96. The van der Waals surface area contributed by atoms with Gasteiger partial charge in [-0.25, -0.2) is 13.8 Å². The van der Waals surface area contributed by atoms with Gasteiger partial charge in [-0.2, -0.15) is 5.10 Å². The molecule has 1 N–H and O–H groups in total. The Balaban J connectivity index is 1.51. The van der Waals surface area contributed by atoms with E-state index >= 15 is 4.39 Å². The summed E-state index contributed by atoms with van der Waals surface area (Å²) in [5, 5.41) is 8.62. The fourth-order valence-electron chi connectivity index (χ4n) is 3.67. The summed E-state index contributed by atoms with van der Waals surface area (Å²) >= 11 is 0. The number of likely N-dealkylation sites (tertiary alicyclic amines) is 1. The zero-order valence-electron chi connectivity index (χ0n) is 16.2. The first kappa shape index (κ1) is 19.4. The Bertz CT molecular complexity index is 1030. The average Bonchev–Trinajstić information content (AvgIpc) is 3.16. The average molecular weight is 399 g/mol. The second kappa shape index (κ2) is 7.87. The predicted molar refractivity (Wildman–Crippen MR) is 108 cm³/mol. The maximum Gasteiger partial charge on any atom is 0.263 e. The highest BCUT2D eigenvalue weighted by Crippen LogP contribution is 2.29. The van der Waals surface area contributed by atoms with Gasteiger partial charge in [-0.05, 0) is 23.1 Å².